The number of furan rings is 1. The number of carbonyl (C=O) groups is 1. The van der Waals surface area contributed by atoms with Crippen molar-refractivity contribution < 1.29 is 14.1 Å². The maximum Gasteiger partial charge on any atom is 0.232 e. The van der Waals surface area contributed by atoms with E-state index in [-0.39, 0.29) is 17.9 Å². The van der Waals surface area contributed by atoms with Crippen molar-refractivity contribution in [2.45, 2.75) is 12.0 Å². The van der Waals surface area contributed by atoms with Crippen LogP contribution in [-0.4, -0.2) is 26.5 Å². The molecule has 0 saturated heterocycles. The number of likely N-dealkylation sites (N-methyl/N-ethyl adjacent to an activating group) is 1. The predicted molar refractivity (Wildman–Crippen MR) is 102 cm³/mol. The predicted octanol–water partition coefficient (Wildman–Crippen LogP) is 2.41. The Kier molecular flexibility index (Phi) is 5.87. The van der Waals surface area contributed by atoms with Crippen LogP contribution in [0, 0.1) is 0 Å². The first-order valence-electron chi connectivity index (χ1n) is 8.88. The van der Waals surface area contributed by atoms with Crippen LogP contribution in [0.15, 0.2) is 83.5 Å². The number of amides is 1. The van der Waals surface area contributed by atoms with Crippen LogP contribution in [-0.2, 0) is 4.79 Å². The minimum atomic E-state index is -0.327. The molecule has 26 heavy (non-hydrogen) atoms. The monoisotopic (exact) mass is 349 g/mol. The second-order valence-corrected chi connectivity index (χ2v) is 6.64. The molecule has 3 rings (SSSR count). The molecular formula is C22H25N2O2+. The molecule has 0 bridgehead atoms. The van der Waals surface area contributed by atoms with Crippen molar-refractivity contribution in [1.82, 2.24) is 5.32 Å². The Morgan fingerprint density at radius 1 is 0.923 bits per heavy atom. The van der Waals surface area contributed by atoms with Gasteiger partial charge in [-0.25, -0.2) is 0 Å². The van der Waals surface area contributed by atoms with Crippen LogP contribution in [0.2, 0.25) is 0 Å². The van der Waals surface area contributed by atoms with Gasteiger partial charge >= 0.3 is 0 Å². The van der Waals surface area contributed by atoms with Gasteiger partial charge in [-0.15, -0.1) is 0 Å². The third-order valence-electron chi connectivity index (χ3n) is 4.59. The largest absolute Gasteiger partial charge is 0.463 e. The summed E-state index contributed by atoms with van der Waals surface area (Å²) in [5, 5.41) is 3.13. The zero-order valence-electron chi connectivity index (χ0n) is 15.2. The number of benzene rings is 2. The van der Waals surface area contributed by atoms with E-state index in [1.807, 2.05) is 72.8 Å². The quantitative estimate of drug-likeness (QED) is 0.688. The molecule has 0 fully saturated rings. The normalized spacial score (nSPS) is 12.3. The van der Waals surface area contributed by atoms with Gasteiger partial charge in [-0.2, -0.15) is 0 Å². The number of hydrogen-bond donors (Lipinski definition) is 2. The Morgan fingerprint density at radius 3 is 1.96 bits per heavy atom. The zero-order chi connectivity index (χ0) is 18.4. The smallest absolute Gasteiger partial charge is 0.232 e. The van der Waals surface area contributed by atoms with Crippen molar-refractivity contribution in [3.05, 3.63) is 95.9 Å². The van der Waals surface area contributed by atoms with E-state index in [0.29, 0.717) is 6.54 Å². The molecule has 0 aliphatic rings. The van der Waals surface area contributed by atoms with Crippen LogP contribution in [0.25, 0.3) is 0 Å². The lowest BCUT2D eigenvalue weighted by Crippen LogP contribution is -3.07. The van der Waals surface area contributed by atoms with Crippen LogP contribution < -0.4 is 10.2 Å². The van der Waals surface area contributed by atoms with E-state index in [0.717, 1.165) is 16.9 Å². The molecule has 4 nitrogen and oxygen atoms in total. The first-order chi connectivity index (χ1) is 12.7. The zero-order valence-corrected chi connectivity index (χ0v) is 15.2. The second-order valence-electron chi connectivity index (χ2n) is 6.64. The summed E-state index contributed by atoms with van der Waals surface area (Å²) in [7, 11) is 4.12. The molecule has 3 aromatic rings. The van der Waals surface area contributed by atoms with Crippen molar-refractivity contribution >= 4 is 5.91 Å². The molecule has 1 heterocycles. The van der Waals surface area contributed by atoms with E-state index in [2.05, 4.69) is 19.4 Å². The van der Waals surface area contributed by atoms with Gasteiger partial charge in [0.2, 0.25) is 5.91 Å². The van der Waals surface area contributed by atoms with E-state index >= 15 is 0 Å². The molecule has 0 unspecified atom stereocenters. The lowest BCUT2D eigenvalue weighted by atomic mass is 9.90. The first-order valence-corrected chi connectivity index (χ1v) is 8.88. The maximum atomic E-state index is 13.1. The minimum absolute atomic E-state index is 0.000191. The number of carbonyl (C=O) groups excluding carboxylic acids is 1. The van der Waals surface area contributed by atoms with Gasteiger partial charge in [-0.3, -0.25) is 4.79 Å². The van der Waals surface area contributed by atoms with E-state index in [1.165, 1.54) is 4.90 Å². The SMILES string of the molecule is C[NH+](C)[C@@H](CNC(=O)C(c1ccccc1)c1ccccc1)c1ccco1. The van der Waals surface area contributed by atoms with Crippen molar-refractivity contribution in [2.24, 2.45) is 0 Å². The molecule has 1 atom stereocenters. The van der Waals surface area contributed by atoms with Crippen molar-refractivity contribution in [3.8, 4) is 0 Å². The van der Waals surface area contributed by atoms with Crippen LogP contribution in [0.3, 0.4) is 0 Å². The Bertz CT molecular complexity index is 759. The lowest BCUT2D eigenvalue weighted by Gasteiger charge is -2.22. The standard InChI is InChI=1S/C22H24N2O2/c1-24(2)19(20-14-9-15-26-20)16-23-22(25)21(17-10-5-3-6-11-17)18-12-7-4-8-13-18/h3-15,19,21H,16H2,1-2H3,(H,23,25)/p+1/t19-/m0/s1. The molecule has 134 valence electrons. The highest BCUT2D eigenvalue weighted by Gasteiger charge is 2.26. The van der Waals surface area contributed by atoms with Gasteiger partial charge in [-0.1, -0.05) is 60.7 Å². The van der Waals surface area contributed by atoms with Gasteiger partial charge < -0.3 is 14.6 Å². The molecule has 1 amide bonds. The molecule has 2 N–H and O–H groups in total. The van der Waals surface area contributed by atoms with Crippen molar-refractivity contribution in [2.75, 3.05) is 20.6 Å². The highest BCUT2D eigenvalue weighted by atomic mass is 16.3. The molecule has 0 aliphatic carbocycles. The number of quaternary nitrogens is 1. The van der Waals surface area contributed by atoms with E-state index < -0.39 is 0 Å². The van der Waals surface area contributed by atoms with Gasteiger partial charge in [0.05, 0.1) is 32.8 Å². The summed E-state index contributed by atoms with van der Waals surface area (Å²) in [6, 6.07) is 23.7. The summed E-state index contributed by atoms with van der Waals surface area (Å²) in [6.07, 6.45) is 1.67. The summed E-state index contributed by atoms with van der Waals surface area (Å²) in [5.41, 5.74) is 1.98. The number of rotatable bonds is 7. The molecular weight excluding hydrogens is 324 g/mol. The van der Waals surface area contributed by atoms with Gasteiger partial charge in [0, 0.05) is 0 Å². The Morgan fingerprint density at radius 2 is 1.50 bits per heavy atom. The summed E-state index contributed by atoms with van der Waals surface area (Å²) >= 11 is 0. The second kappa shape index (κ2) is 8.50. The minimum Gasteiger partial charge on any atom is -0.463 e. The highest BCUT2D eigenvalue weighted by molar-refractivity contribution is 5.87. The molecule has 1 aromatic heterocycles. The van der Waals surface area contributed by atoms with Crippen LogP contribution in [0.4, 0.5) is 0 Å². The average Bonchev–Trinajstić information content (AvgIpc) is 3.18. The molecule has 0 spiro atoms. The van der Waals surface area contributed by atoms with Crippen molar-refractivity contribution in [1.29, 1.82) is 0 Å². The first kappa shape index (κ1) is 18.0. The van der Waals surface area contributed by atoms with Gasteiger partial charge in [0.1, 0.15) is 0 Å². The van der Waals surface area contributed by atoms with E-state index in [9.17, 15) is 4.79 Å². The summed E-state index contributed by atoms with van der Waals surface area (Å²) < 4.78 is 5.55. The van der Waals surface area contributed by atoms with Gasteiger partial charge in [0.15, 0.2) is 11.8 Å². The Labute approximate surface area is 154 Å². The van der Waals surface area contributed by atoms with Crippen LogP contribution in [0.5, 0.6) is 0 Å². The summed E-state index contributed by atoms with van der Waals surface area (Å²) in [5.74, 6) is 0.549. The topological polar surface area (TPSA) is 46.7 Å². The van der Waals surface area contributed by atoms with Gasteiger partial charge in [-0.05, 0) is 23.3 Å². The van der Waals surface area contributed by atoms with E-state index in [1.54, 1.807) is 6.26 Å². The lowest BCUT2D eigenvalue weighted by molar-refractivity contribution is -0.891. The number of hydrogen-bond acceptors (Lipinski definition) is 2. The molecule has 0 aliphatic heterocycles. The van der Waals surface area contributed by atoms with Crippen LogP contribution >= 0.6 is 0 Å². The molecule has 0 saturated carbocycles. The third-order valence-corrected chi connectivity index (χ3v) is 4.59. The van der Waals surface area contributed by atoms with Gasteiger partial charge in [0.25, 0.3) is 0 Å². The fraction of sp³-hybridized carbons (Fsp3) is 0.227. The summed E-state index contributed by atoms with van der Waals surface area (Å²) in [4.78, 5) is 14.3. The van der Waals surface area contributed by atoms with Crippen LogP contribution in [0.1, 0.15) is 28.8 Å². The number of nitrogens with one attached hydrogen (secondary N) is 2. The molecule has 2 aromatic carbocycles. The fourth-order valence-electron chi connectivity index (χ4n) is 3.17. The molecule has 4 heteroatoms. The Hall–Kier alpha value is -2.85. The Balaban J connectivity index is 1.80. The summed E-state index contributed by atoms with van der Waals surface area (Å²) in [6.45, 7) is 0.519. The highest BCUT2D eigenvalue weighted by Crippen LogP contribution is 2.24. The average molecular weight is 349 g/mol. The third kappa shape index (κ3) is 4.21. The van der Waals surface area contributed by atoms with Crippen molar-refractivity contribution in [3.63, 3.8) is 0 Å². The van der Waals surface area contributed by atoms with E-state index in [4.69, 9.17) is 4.42 Å². The molecule has 0 radical (unpaired) electrons. The fourth-order valence-corrected chi connectivity index (χ4v) is 3.17. The maximum absolute atomic E-state index is 13.1.